The van der Waals surface area contributed by atoms with Gasteiger partial charge in [0.25, 0.3) is 11.8 Å². The summed E-state index contributed by atoms with van der Waals surface area (Å²) in [5.41, 5.74) is 4.23. The highest BCUT2D eigenvalue weighted by atomic mass is 16.5. The number of unbranched alkanes of at least 4 members (excludes halogenated alkanes) is 1. The molecule has 2 aromatic carbocycles. The Balaban J connectivity index is 1.82. The molecule has 7 nitrogen and oxygen atoms in total. The quantitative estimate of drug-likeness (QED) is 0.259. The van der Waals surface area contributed by atoms with Crippen LogP contribution in [0.1, 0.15) is 56.0 Å². The summed E-state index contributed by atoms with van der Waals surface area (Å²) in [4.78, 5) is 27.1. The van der Waals surface area contributed by atoms with Gasteiger partial charge in [0.05, 0.1) is 18.9 Å². The van der Waals surface area contributed by atoms with Gasteiger partial charge in [-0.15, -0.1) is 0 Å². The van der Waals surface area contributed by atoms with Crippen molar-refractivity contribution in [1.29, 1.82) is 0 Å². The van der Waals surface area contributed by atoms with Gasteiger partial charge in [0, 0.05) is 12.1 Å². The predicted octanol–water partition coefficient (Wildman–Crippen LogP) is 3.85. The molecular formula is C26H36N4O3. The Hall–Kier alpha value is -3.19. The third kappa shape index (κ3) is 9.06. The Bertz CT molecular complexity index is 865. The number of hydrogen-bond acceptors (Lipinski definition) is 5. The molecule has 0 aromatic heterocycles. The zero-order valence-corrected chi connectivity index (χ0v) is 19.9. The lowest BCUT2D eigenvalue weighted by atomic mass is 10.1. The Morgan fingerprint density at radius 2 is 1.70 bits per heavy atom. The summed E-state index contributed by atoms with van der Waals surface area (Å²) in [5, 5.41) is 7.08. The molecule has 0 saturated heterocycles. The van der Waals surface area contributed by atoms with Gasteiger partial charge in [-0.05, 0) is 81.2 Å². The van der Waals surface area contributed by atoms with E-state index in [1.807, 2.05) is 63.2 Å². The van der Waals surface area contributed by atoms with Crippen molar-refractivity contribution in [3.63, 3.8) is 0 Å². The van der Waals surface area contributed by atoms with E-state index in [0.717, 1.165) is 37.2 Å². The zero-order chi connectivity index (χ0) is 23.9. The van der Waals surface area contributed by atoms with Crippen LogP contribution in [0.3, 0.4) is 0 Å². The monoisotopic (exact) mass is 452 g/mol. The smallest absolute Gasteiger partial charge is 0.257 e. The number of hydrazone groups is 1. The van der Waals surface area contributed by atoms with Crippen LogP contribution >= 0.6 is 0 Å². The van der Waals surface area contributed by atoms with Crippen molar-refractivity contribution < 1.29 is 14.3 Å². The maximum absolute atomic E-state index is 12.8. The van der Waals surface area contributed by atoms with E-state index in [4.69, 9.17) is 4.74 Å². The summed E-state index contributed by atoms with van der Waals surface area (Å²) in [5.74, 6) is 0.617. The number of rotatable bonds is 14. The van der Waals surface area contributed by atoms with E-state index in [1.54, 1.807) is 18.3 Å². The van der Waals surface area contributed by atoms with Crippen molar-refractivity contribution in [2.75, 3.05) is 26.2 Å². The number of amides is 2. The van der Waals surface area contributed by atoms with Crippen molar-refractivity contribution in [2.45, 2.75) is 46.1 Å². The van der Waals surface area contributed by atoms with Crippen molar-refractivity contribution in [1.82, 2.24) is 15.6 Å². The molecule has 1 unspecified atom stereocenters. The summed E-state index contributed by atoms with van der Waals surface area (Å²) < 4.78 is 5.43. The van der Waals surface area contributed by atoms with Gasteiger partial charge in [-0.3, -0.25) is 14.5 Å². The minimum absolute atomic E-state index is 0.0720. The Kier molecular flexibility index (Phi) is 11.7. The molecule has 0 aliphatic rings. The van der Waals surface area contributed by atoms with Gasteiger partial charge < -0.3 is 10.1 Å². The molecule has 0 bridgehead atoms. The van der Waals surface area contributed by atoms with E-state index in [-0.39, 0.29) is 17.9 Å². The van der Waals surface area contributed by atoms with E-state index >= 15 is 0 Å². The molecule has 0 fully saturated rings. The predicted molar refractivity (Wildman–Crippen MR) is 133 cm³/mol. The summed E-state index contributed by atoms with van der Waals surface area (Å²) in [6, 6.07) is 16.5. The average Bonchev–Trinajstić information content (AvgIpc) is 2.85. The second kappa shape index (κ2) is 14.8. The van der Waals surface area contributed by atoms with Crippen molar-refractivity contribution in [2.24, 2.45) is 5.10 Å². The molecular weight excluding hydrogens is 416 g/mol. The summed E-state index contributed by atoms with van der Waals surface area (Å²) in [6.07, 6.45) is 3.96. The zero-order valence-electron chi connectivity index (χ0n) is 19.9. The van der Waals surface area contributed by atoms with Crippen LogP contribution in [0.4, 0.5) is 0 Å². The van der Waals surface area contributed by atoms with Crippen LogP contribution in [0.5, 0.6) is 5.75 Å². The first-order chi connectivity index (χ1) is 16.1. The highest BCUT2D eigenvalue weighted by Gasteiger charge is 2.23. The minimum Gasteiger partial charge on any atom is -0.494 e. The number of likely N-dealkylation sites (N-methyl/N-ethyl adjacent to an activating group) is 1. The summed E-state index contributed by atoms with van der Waals surface area (Å²) in [7, 11) is 0. The van der Waals surface area contributed by atoms with Gasteiger partial charge >= 0.3 is 0 Å². The molecule has 178 valence electrons. The number of carbonyl (C=O) groups is 2. The molecule has 0 aliphatic heterocycles. The van der Waals surface area contributed by atoms with Gasteiger partial charge in [-0.1, -0.05) is 32.0 Å². The van der Waals surface area contributed by atoms with Crippen LogP contribution in [0.15, 0.2) is 59.7 Å². The fourth-order valence-corrected chi connectivity index (χ4v) is 3.56. The minimum atomic E-state index is -0.262. The first-order valence-electron chi connectivity index (χ1n) is 11.7. The molecule has 33 heavy (non-hydrogen) atoms. The largest absolute Gasteiger partial charge is 0.494 e. The molecule has 7 heteroatoms. The molecule has 0 spiro atoms. The topological polar surface area (TPSA) is 83.0 Å². The molecule has 0 saturated carbocycles. The van der Waals surface area contributed by atoms with Gasteiger partial charge in [0.1, 0.15) is 5.75 Å². The molecule has 0 radical (unpaired) electrons. The number of benzene rings is 2. The number of nitrogens with zero attached hydrogens (tertiary/aromatic N) is 2. The number of ether oxygens (including phenoxy) is 1. The van der Waals surface area contributed by atoms with E-state index in [1.165, 1.54) is 0 Å². The van der Waals surface area contributed by atoms with E-state index in [9.17, 15) is 9.59 Å². The maximum Gasteiger partial charge on any atom is 0.257 e. The van der Waals surface area contributed by atoms with Gasteiger partial charge in [-0.2, -0.15) is 5.10 Å². The van der Waals surface area contributed by atoms with E-state index < -0.39 is 0 Å². The molecule has 0 heterocycles. The van der Waals surface area contributed by atoms with Gasteiger partial charge in [0.15, 0.2) is 0 Å². The lowest BCUT2D eigenvalue weighted by Gasteiger charge is -2.28. The highest BCUT2D eigenvalue weighted by Crippen LogP contribution is 2.11. The maximum atomic E-state index is 12.8. The number of carbonyl (C=O) groups excluding carboxylic acids is 2. The number of hydrogen-bond donors (Lipinski definition) is 2. The third-order valence-corrected chi connectivity index (χ3v) is 5.36. The van der Waals surface area contributed by atoms with Crippen molar-refractivity contribution in [3.05, 3.63) is 65.7 Å². The van der Waals surface area contributed by atoms with Crippen LogP contribution in [0, 0.1) is 0 Å². The Morgan fingerprint density at radius 1 is 1.00 bits per heavy atom. The van der Waals surface area contributed by atoms with Crippen LogP contribution in [-0.2, 0) is 4.79 Å². The Labute approximate surface area is 197 Å². The third-order valence-electron chi connectivity index (χ3n) is 5.36. The van der Waals surface area contributed by atoms with Crippen molar-refractivity contribution >= 4 is 18.0 Å². The molecule has 0 aliphatic carbocycles. The fraction of sp³-hybridized carbons (Fsp3) is 0.423. The Morgan fingerprint density at radius 3 is 2.33 bits per heavy atom. The standard InChI is InChI=1S/C26H36N4O3/c1-4-30(5-2)24(14-10-11-19-27-25(31)22-12-8-7-9-13-22)26(32)29-28-20-21-15-17-23(18-16-21)33-6-3/h7-9,12-13,15-18,20,24H,4-6,10-11,14,19H2,1-3H3,(H,27,31)(H,29,32). The number of nitrogens with one attached hydrogen (secondary N) is 2. The summed E-state index contributed by atoms with van der Waals surface area (Å²) >= 11 is 0. The van der Waals surface area contributed by atoms with Gasteiger partial charge in [-0.25, -0.2) is 5.43 Å². The van der Waals surface area contributed by atoms with Crippen molar-refractivity contribution in [3.8, 4) is 5.75 Å². The fourth-order valence-electron chi connectivity index (χ4n) is 3.56. The second-order valence-electron chi connectivity index (χ2n) is 7.59. The average molecular weight is 453 g/mol. The van der Waals surface area contributed by atoms with Crippen LogP contribution in [0.2, 0.25) is 0 Å². The molecule has 2 amide bonds. The molecule has 2 aromatic rings. The summed E-state index contributed by atoms with van der Waals surface area (Å²) in [6.45, 7) is 8.80. The molecule has 1 atom stereocenters. The van der Waals surface area contributed by atoms with Gasteiger partial charge in [0.2, 0.25) is 0 Å². The van der Waals surface area contributed by atoms with Crippen LogP contribution < -0.4 is 15.5 Å². The molecule has 2 rings (SSSR count). The van der Waals surface area contributed by atoms with Crippen LogP contribution in [-0.4, -0.2) is 55.2 Å². The van der Waals surface area contributed by atoms with E-state index in [0.29, 0.717) is 25.1 Å². The second-order valence-corrected chi connectivity index (χ2v) is 7.59. The lowest BCUT2D eigenvalue weighted by Crippen LogP contribution is -2.45. The highest BCUT2D eigenvalue weighted by molar-refractivity contribution is 5.94. The van der Waals surface area contributed by atoms with Crippen LogP contribution in [0.25, 0.3) is 0 Å². The lowest BCUT2D eigenvalue weighted by molar-refractivity contribution is -0.126. The first kappa shape index (κ1) is 26.1. The van der Waals surface area contributed by atoms with E-state index in [2.05, 4.69) is 20.7 Å². The SMILES string of the molecule is CCOc1ccc(C=NNC(=O)C(CCCCNC(=O)c2ccccc2)N(CC)CC)cc1. The first-order valence-corrected chi connectivity index (χ1v) is 11.7. The molecule has 2 N–H and O–H groups in total. The normalized spacial score (nSPS) is 12.0.